The zero-order valence-electron chi connectivity index (χ0n) is 13.7. The minimum Gasteiger partial charge on any atom is -0.311 e. The van der Waals surface area contributed by atoms with Gasteiger partial charge in [0.15, 0.2) is 0 Å². The van der Waals surface area contributed by atoms with Gasteiger partial charge in [-0.2, -0.15) is 0 Å². The van der Waals surface area contributed by atoms with E-state index in [-0.39, 0.29) is 24.2 Å². The Morgan fingerprint density at radius 2 is 2.12 bits per heavy atom. The van der Waals surface area contributed by atoms with E-state index in [4.69, 9.17) is 11.6 Å². The van der Waals surface area contributed by atoms with Crippen LogP contribution in [0.25, 0.3) is 0 Å². The van der Waals surface area contributed by atoms with E-state index in [0.717, 1.165) is 16.8 Å². The summed E-state index contributed by atoms with van der Waals surface area (Å²) in [6.07, 6.45) is 0.628. The van der Waals surface area contributed by atoms with Gasteiger partial charge in [0.2, 0.25) is 5.91 Å². The molecule has 6 nitrogen and oxygen atoms in total. The molecule has 0 radical (unpaired) electrons. The van der Waals surface area contributed by atoms with Crippen molar-refractivity contribution in [1.29, 1.82) is 0 Å². The predicted molar refractivity (Wildman–Crippen MR) is 97.0 cm³/mol. The molecule has 0 spiro atoms. The fourth-order valence-corrected chi connectivity index (χ4v) is 3.33. The maximum absolute atomic E-state index is 12.5. The molecule has 1 heterocycles. The first-order valence-corrected chi connectivity index (χ1v) is 8.40. The standard InChI is InChI=1S/C18H18ClN3O3/c1-12(15-4-2-3-5-16(15)19)20-11-18(23)21-9-8-13-10-14(22(24)25)6-7-17(13)21/h2-7,10,12,20H,8-9,11H2,1H3. The number of nitro benzene ring substituents is 1. The van der Waals surface area contributed by atoms with Crippen LogP contribution in [0.1, 0.15) is 24.1 Å². The van der Waals surface area contributed by atoms with Crippen molar-refractivity contribution in [2.75, 3.05) is 18.0 Å². The zero-order chi connectivity index (χ0) is 18.0. The molecule has 1 amide bonds. The van der Waals surface area contributed by atoms with Crippen molar-refractivity contribution in [3.8, 4) is 0 Å². The fraction of sp³-hybridized carbons (Fsp3) is 0.278. The maximum atomic E-state index is 12.5. The summed E-state index contributed by atoms with van der Waals surface area (Å²) in [6, 6.07) is 12.1. The molecule has 1 aliphatic heterocycles. The van der Waals surface area contributed by atoms with E-state index in [1.807, 2.05) is 31.2 Å². The Morgan fingerprint density at radius 1 is 1.36 bits per heavy atom. The SMILES string of the molecule is CC(NCC(=O)N1CCc2cc([N+](=O)[O-])ccc21)c1ccccc1Cl. The summed E-state index contributed by atoms with van der Waals surface area (Å²) in [5.74, 6) is -0.0634. The summed E-state index contributed by atoms with van der Waals surface area (Å²) >= 11 is 6.18. The molecule has 130 valence electrons. The second kappa shape index (κ2) is 7.21. The second-order valence-electron chi connectivity index (χ2n) is 5.99. The van der Waals surface area contributed by atoms with Gasteiger partial charge in [-0.25, -0.2) is 0 Å². The highest BCUT2D eigenvalue weighted by Crippen LogP contribution is 2.31. The quantitative estimate of drug-likeness (QED) is 0.655. The van der Waals surface area contributed by atoms with Crippen molar-refractivity contribution in [3.05, 3.63) is 68.7 Å². The van der Waals surface area contributed by atoms with E-state index in [0.29, 0.717) is 18.0 Å². The minimum atomic E-state index is -0.419. The van der Waals surface area contributed by atoms with Gasteiger partial charge in [-0.05, 0) is 36.6 Å². The van der Waals surface area contributed by atoms with Gasteiger partial charge >= 0.3 is 0 Å². The van der Waals surface area contributed by atoms with Crippen molar-refractivity contribution in [2.45, 2.75) is 19.4 Å². The zero-order valence-corrected chi connectivity index (χ0v) is 14.5. The van der Waals surface area contributed by atoms with Crippen LogP contribution in [0, 0.1) is 10.1 Å². The van der Waals surface area contributed by atoms with E-state index in [1.165, 1.54) is 6.07 Å². The Labute approximate surface area is 150 Å². The lowest BCUT2D eigenvalue weighted by Gasteiger charge is -2.20. The number of nitro groups is 1. The molecule has 2 aromatic rings. The van der Waals surface area contributed by atoms with Crippen LogP contribution in [0.2, 0.25) is 5.02 Å². The lowest BCUT2D eigenvalue weighted by atomic mass is 10.1. The van der Waals surface area contributed by atoms with Crippen molar-refractivity contribution in [1.82, 2.24) is 5.32 Å². The molecule has 1 aliphatic rings. The van der Waals surface area contributed by atoms with Crippen LogP contribution in [0.3, 0.4) is 0 Å². The Bertz CT molecular complexity index is 825. The van der Waals surface area contributed by atoms with Crippen LogP contribution in [0.4, 0.5) is 11.4 Å². The number of non-ortho nitro benzene ring substituents is 1. The lowest BCUT2D eigenvalue weighted by molar-refractivity contribution is -0.384. The predicted octanol–water partition coefficient (Wildman–Crippen LogP) is 3.49. The van der Waals surface area contributed by atoms with Crippen molar-refractivity contribution >= 4 is 28.9 Å². The van der Waals surface area contributed by atoms with Crippen molar-refractivity contribution in [3.63, 3.8) is 0 Å². The van der Waals surface area contributed by atoms with Crippen LogP contribution in [-0.4, -0.2) is 23.9 Å². The molecule has 25 heavy (non-hydrogen) atoms. The van der Waals surface area contributed by atoms with E-state index in [1.54, 1.807) is 17.0 Å². The number of hydrogen-bond acceptors (Lipinski definition) is 4. The molecule has 0 aliphatic carbocycles. The fourth-order valence-electron chi connectivity index (χ4n) is 3.03. The number of benzene rings is 2. The van der Waals surface area contributed by atoms with Gasteiger partial charge < -0.3 is 10.2 Å². The Kier molecular flexibility index (Phi) is 5.01. The minimum absolute atomic E-state index is 0.0542. The molecular formula is C18H18ClN3O3. The number of carbonyl (C=O) groups excluding carboxylic acids is 1. The third kappa shape index (κ3) is 3.65. The van der Waals surface area contributed by atoms with Crippen LogP contribution < -0.4 is 10.2 Å². The molecule has 0 bridgehead atoms. The number of amides is 1. The first kappa shape index (κ1) is 17.4. The third-order valence-corrected chi connectivity index (χ3v) is 4.75. The summed E-state index contributed by atoms with van der Waals surface area (Å²) < 4.78 is 0. The number of rotatable bonds is 5. The highest BCUT2D eigenvalue weighted by Gasteiger charge is 2.26. The summed E-state index contributed by atoms with van der Waals surface area (Å²) in [6.45, 7) is 2.66. The molecule has 0 saturated carbocycles. The molecule has 0 aromatic heterocycles. The monoisotopic (exact) mass is 359 g/mol. The summed E-state index contributed by atoms with van der Waals surface area (Å²) in [5, 5.41) is 14.7. The third-order valence-electron chi connectivity index (χ3n) is 4.40. The van der Waals surface area contributed by atoms with Crippen LogP contribution >= 0.6 is 11.6 Å². The van der Waals surface area contributed by atoms with E-state index < -0.39 is 4.92 Å². The molecule has 2 aromatic carbocycles. The van der Waals surface area contributed by atoms with Crippen LogP contribution in [0.5, 0.6) is 0 Å². The number of hydrogen-bond donors (Lipinski definition) is 1. The first-order valence-electron chi connectivity index (χ1n) is 8.03. The first-order chi connectivity index (χ1) is 12.0. The summed E-state index contributed by atoms with van der Waals surface area (Å²) in [5.41, 5.74) is 2.58. The Hall–Kier alpha value is -2.44. The molecular weight excluding hydrogens is 342 g/mol. The summed E-state index contributed by atoms with van der Waals surface area (Å²) in [7, 11) is 0. The topological polar surface area (TPSA) is 75.5 Å². The Balaban J connectivity index is 1.66. The van der Waals surface area contributed by atoms with Crippen molar-refractivity contribution < 1.29 is 9.72 Å². The average Bonchev–Trinajstić information content (AvgIpc) is 3.03. The van der Waals surface area contributed by atoms with Gasteiger partial charge in [-0.1, -0.05) is 29.8 Å². The van der Waals surface area contributed by atoms with Gasteiger partial charge in [0.05, 0.1) is 11.5 Å². The number of anilines is 1. The van der Waals surface area contributed by atoms with Gasteiger partial charge in [0.1, 0.15) is 0 Å². The van der Waals surface area contributed by atoms with E-state index >= 15 is 0 Å². The number of carbonyl (C=O) groups is 1. The van der Waals surface area contributed by atoms with Gasteiger partial charge in [-0.15, -0.1) is 0 Å². The number of halogens is 1. The Morgan fingerprint density at radius 3 is 2.84 bits per heavy atom. The summed E-state index contributed by atoms with van der Waals surface area (Å²) in [4.78, 5) is 24.7. The van der Waals surface area contributed by atoms with Crippen LogP contribution in [-0.2, 0) is 11.2 Å². The van der Waals surface area contributed by atoms with Gasteiger partial charge in [-0.3, -0.25) is 14.9 Å². The molecule has 1 unspecified atom stereocenters. The number of nitrogens with zero attached hydrogens (tertiary/aromatic N) is 2. The highest BCUT2D eigenvalue weighted by molar-refractivity contribution is 6.31. The van der Waals surface area contributed by atoms with Gasteiger partial charge in [0, 0.05) is 35.4 Å². The molecule has 3 rings (SSSR count). The molecule has 1 N–H and O–H groups in total. The molecule has 7 heteroatoms. The lowest BCUT2D eigenvalue weighted by Crippen LogP contribution is -2.38. The average molecular weight is 360 g/mol. The maximum Gasteiger partial charge on any atom is 0.269 e. The smallest absolute Gasteiger partial charge is 0.269 e. The largest absolute Gasteiger partial charge is 0.311 e. The number of fused-ring (bicyclic) bond motifs is 1. The van der Waals surface area contributed by atoms with E-state index in [2.05, 4.69) is 5.32 Å². The second-order valence-corrected chi connectivity index (χ2v) is 6.40. The highest BCUT2D eigenvalue weighted by atomic mass is 35.5. The van der Waals surface area contributed by atoms with Crippen LogP contribution in [0.15, 0.2) is 42.5 Å². The van der Waals surface area contributed by atoms with Crippen molar-refractivity contribution in [2.24, 2.45) is 0 Å². The number of nitrogens with one attached hydrogen (secondary N) is 1. The molecule has 0 fully saturated rings. The van der Waals surface area contributed by atoms with E-state index in [9.17, 15) is 14.9 Å². The normalized spacial score (nSPS) is 14.2. The van der Waals surface area contributed by atoms with Gasteiger partial charge in [0.25, 0.3) is 5.69 Å². The molecule has 1 atom stereocenters. The molecule has 0 saturated heterocycles.